The van der Waals surface area contributed by atoms with Crippen molar-refractivity contribution in [3.05, 3.63) is 0 Å². The van der Waals surface area contributed by atoms with E-state index in [4.69, 9.17) is 0 Å². The van der Waals surface area contributed by atoms with Crippen molar-refractivity contribution in [3.63, 3.8) is 0 Å². The van der Waals surface area contributed by atoms with E-state index in [2.05, 4.69) is 20.8 Å². The van der Waals surface area contributed by atoms with Gasteiger partial charge < -0.3 is 5.11 Å². The van der Waals surface area contributed by atoms with E-state index >= 15 is 0 Å². The molecule has 11 heavy (non-hydrogen) atoms. The molecule has 0 aromatic carbocycles. The van der Waals surface area contributed by atoms with Crippen molar-refractivity contribution in [2.24, 2.45) is 16.7 Å². The van der Waals surface area contributed by atoms with E-state index in [-0.39, 0.29) is 16.9 Å². The average molecular weight is 154 g/mol. The van der Waals surface area contributed by atoms with E-state index < -0.39 is 0 Å². The molecule has 3 atom stereocenters. The molecule has 1 N–H and O–H groups in total. The van der Waals surface area contributed by atoms with E-state index in [9.17, 15) is 5.11 Å². The van der Waals surface area contributed by atoms with Crippen LogP contribution in [0.15, 0.2) is 0 Å². The van der Waals surface area contributed by atoms with E-state index in [0.29, 0.717) is 0 Å². The minimum absolute atomic E-state index is 0.0613. The quantitative estimate of drug-likeness (QED) is 0.567. The molecule has 0 unspecified atom stereocenters. The third kappa shape index (κ3) is 0.752. The van der Waals surface area contributed by atoms with Crippen LogP contribution in [0.2, 0.25) is 0 Å². The molecule has 0 aliphatic heterocycles. The van der Waals surface area contributed by atoms with Gasteiger partial charge in [0, 0.05) is 0 Å². The first-order chi connectivity index (χ1) is 4.97. The lowest BCUT2D eigenvalue weighted by atomic mass is 9.70. The van der Waals surface area contributed by atoms with Gasteiger partial charge in [-0.3, -0.25) is 0 Å². The van der Waals surface area contributed by atoms with Crippen LogP contribution in [0.1, 0.15) is 40.0 Å². The molecule has 2 fully saturated rings. The first-order valence-electron chi connectivity index (χ1n) is 4.65. The van der Waals surface area contributed by atoms with Crippen LogP contribution in [0, 0.1) is 16.7 Å². The van der Waals surface area contributed by atoms with Gasteiger partial charge in [0.1, 0.15) is 0 Å². The Morgan fingerprint density at radius 1 is 1.27 bits per heavy atom. The number of hydrogen-bond donors (Lipinski definition) is 1. The van der Waals surface area contributed by atoms with E-state index in [1.165, 1.54) is 19.3 Å². The predicted molar refractivity (Wildman–Crippen MR) is 45.2 cm³/mol. The first kappa shape index (κ1) is 7.60. The molecule has 2 aliphatic carbocycles. The Morgan fingerprint density at radius 3 is 2.18 bits per heavy atom. The van der Waals surface area contributed by atoms with E-state index in [1.54, 1.807) is 0 Å². The SMILES string of the molecule is CC1(C)[C@H]2CC[C@](C)(C2)[C@H]1O. The molecule has 64 valence electrons. The Labute approximate surface area is 68.8 Å². The van der Waals surface area contributed by atoms with Gasteiger partial charge in [0.15, 0.2) is 0 Å². The maximum Gasteiger partial charge on any atom is 0.0647 e. The fourth-order valence-corrected chi connectivity index (χ4v) is 3.28. The molecule has 0 saturated heterocycles. The van der Waals surface area contributed by atoms with Crippen LogP contribution < -0.4 is 0 Å². The zero-order valence-corrected chi connectivity index (χ0v) is 7.72. The number of fused-ring (bicyclic) bond motifs is 2. The van der Waals surface area contributed by atoms with Crippen LogP contribution in [0.25, 0.3) is 0 Å². The predicted octanol–water partition coefficient (Wildman–Crippen LogP) is 2.19. The third-order valence-electron chi connectivity index (χ3n) is 4.19. The highest BCUT2D eigenvalue weighted by atomic mass is 16.3. The van der Waals surface area contributed by atoms with Crippen molar-refractivity contribution in [1.29, 1.82) is 0 Å². The molecule has 1 nitrogen and oxygen atoms in total. The Kier molecular flexibility index (Phi) is 1.26. The Bertz CT molecular complexity index is 181. The molecule has 0 spiro atoms. The topological polar surface area (TPSA) is 20.2 Å². The highest BCUT2D eigenvalue weighted by molar-refractivity contribution is 5.08. The van der Waals surface area contributed by atoms with Gasteiger partial charge >= 0.3 is 0 Å². The van der Waals surface area contributed by atoms with E-state index in [1.807, 2.05) is 0 Å². The Balaban J connectivity index is 2.34. The van der Waals surface area contributed by atoms with Crippen molar-refractivity contribution < 1.29 is 5.11 Å². The minimum atomic E-state index is -0.0613. The Morgan fingerprint density at radius 2 is 1.91 bits per heavy atom. The van der Waals surface area contributed by atoms with Crippen molar-refractivity contribution >= 4 is 0 Å². The fourth-order valence-electron chi connectivity index (χ4n) is 3.28. The van der Waals surface area contributed by atoms with Gasteiger partial charge in [0.2, 0.25) is 0 Å². The second-order valence-corrected chi connectivity index (χ2v) is 5.32. The summed E-state index contributed by atoms with van der Waals surface area (Å²) < 4.78 is 0. The molecule has 1 heteroatoms. The lowest BCUT2D eigenvalue weighted by molar-refractivity contribution is -0.0340. The molecule has 0 radical (unpaired) electrons. The normalized spacial score (nSPS) is 53.5. The molecular formula is C10H18O. The average Bonchev–Trinajstić information content (AvgIpc) is 2.36. The fraction of sp³-hybridized carbons (Fsp3) is 1.00. The second kappa shape index (κ2) is 1.82. The molecule has 2 aliphatic rings. The van der Waals surface area contributed by atoms with Crippen LogP contribution in [0.4, 0.5) is 0 Å². The summed E-state index contributed by atoms with van der Waals surface area (Å²) in [5.41, 5.74) is 0.446. The monoisotopic (exact) mass is 154 g/mol. The van der Waals surface area contributed by atoms with Gasteiger partial charge in [0.25, 0.3) is 0 Å². The molecule has 0 heterocycles. The second-order valence-electron chi connectivity index (χ2n) is 5.32. The van der Waals surface area contributed by atoms with Crippen LogP contribution >= 0.6 is 0 Å². The minimum Gasteiger partial charge on any atom is -0.392 e. The van der Waals surface area contributed by atoms with Crippen molar-refractivity contribution in [1.82, 2.24) is 0 Å². The molecule has 2 rings (SSSR count). The van der Waals surface area contributed by atoms with Crippen LogP contribution in [-0.4, -0.2) is 11.2 Å². The summed E-state index contributed by atoms with van der Waals surface area (Å²) in [5.74, 6) is 0.780. The number of rotatable bonds is 0. The highest BCUT2D eigenvalue weighted by Gasteiger charge is 2.58. The van der Waals surface area contributed by atoms with Crippen LogP contribution in [-0.2, 0) is 0 Å². The van der Waals surface area contributed by atoms with Crippen LogP contribution in [0.3, 0.4) is 0 Å². The summed E-state index contributed by atoms with van der Waals surface area (Å²) in [6, 6.07) is 0. The van der Waals surface area contributed by atoms with Gasteiger partial charge in [-0.1, -0.05) is 20.8 Å². The maximum absolute atomic E-state index is 10.0. The molecular weight excluding hydrogens is 136 g/mol. The summed E-state index contributed by atoms with van der Waals surface area (Å²) >= 11 is 0. The molecule has 0 aromatic heterocycles. The standard InChI is InChI=1S/C10H18O/c1-9(2)7-4-5-10(3,6-7)8(9)11/h7-8,11H,4-6H2,1-3H3/t7-,8-,10+/m0/s1. The summed E-state index contributed by atoms with van der Waals surface area (Å²) in [7, 11) is 0. The lowest BCUT2D eigenvalue weighted by Gasteiger charge is -2.38. The third-order valence-corrected chi connectivity index (χ3v) is 4.19. The molecule has 2 bridgehead atoms. The summed E-state index contributed by atoms with van der Waals surface area (Å²) in [5, 5.41) is 10.0. The summed E-state index contributed by atoms with van der Waals surface area (Å²) in [4.78, 5) is 0. The largest absolute Gasteiger partial charge is 0.392 e. The maximum atomic E-state index is 10.0. The van der Waals surface area contributed by atoms with Gasteiger partial charge in [-0.05, 0) is 36.0 Å². The van der Waals surface area contributed by atoms with Gasteiger partial charge in [0.05, 0.1) is 6.10 Å². The number of aliphatic hydroxyl groups excluding tert-OH is 1. The first-order valence-corrected chi connectivity index (χ1v) is 4.65. The summed E-state index contributed by atoms with van der Waals surface area (Å²) in [6.07, 6.45) is 3.76. The number of aliphatic hydroxyl groups is 1. The zero-order chi connectivity index (χ0) is 8.28. The highest BCUT2D eigenvalue weighted by Crippen LogP contribution is 2.62. The summed E-state index contributed by atoms with van der Waals surface area (Å²) in [6.45, 7) is 6.67. The molecule has 0 amide bonds. The molecule has 0 aromatic rings. The number of hydrogen-bond acceptors (Lipinski definition) is 1. The van der Waals surface area contributed by atoms with Crippen molar-refractivity contribution in [3.8, 4) is 0 Å². The van der Waals surface area contributed by atoms with Crippen LogP contribution in [0.5, 0.6) is 0 Å². The van der Waals surface area contributed by atoms with Gasteiger partial charge in [-0.15, -0.1) is 0 Å². The van der Waals surface area contributed by atoms with Crippen molar-refractivity contribution in [2.45, 2.75) is 46.1 Å². The Hall–Kier alpha value is -0.0400. The van der Waals surface area contributed by atoms with Gasteiger partial charge in [-0.2, -0.15) is 0 Å². The smallest absolute Gasteiger partial charge is 0.0647 e. The molecule has 2 saturated carbocycles. The zero-order valence-electron chi connectivity index (χ0n) is 7.72. The van der Waals surface area contributed by atoms with E-state index in [0.717, 1.165) is 5.92 Å². The lowest BCUT2D eigenvalue weighted by Crippen LogP contribution is -2.39. The van der Waals surface area contributed by atoms with Gasteiger partial charge in [-0.25, -0.2) is 0 Å². The van der Waals surface area contributed by atoms with Crippen molar-refractivity contribution in [2.75, 3.05) is 0 Å².